The lowest BCUT2D eigenvalue weighted by atomic mass is 9.90. The van der Waals surface area contributed by atoms with Crippen LogP contribution in [0.3, 0.4) is 0 Å². The van der Waals surface area contributed by atoms with Gasteiger partial charge in [0.1, 0.15) is 17.6 Å². The van der Waals surface area contributed by atoms with Crippen molar-refractivity contribution in [2.45, 2.75) is 25.3 Å². The highest BCUT2D eigenvalue weighted by Crippen LogP contribution is 2.30. The van der Waals surface area contributed by atoms with E-state index in [1.165, 1.54) is 6.20 Å². The van der Waals surface area contributed by atoms with Crippen LogP contribution in [-0.2, 0) is 0 Å². The van der Waals surface area contributed by atoms with Crippen LogP contribution in [0.1, 0.15) is 25.3 Å². The molecule has 1 saturated heterocycles. The first-order valence-corrected chi connectivity index (χ1v) is 9.46. The third-order valence-corrected chi connectivity index (χ3v) is 5.46. The number of hydrogen-bond donors (Lipinski definition) is 2. The molecule has 30 heavy (non-hydrogen) atoms. The van der Waals surface area contributed by atoms with Crippen LogP contribution in [-0.4, -0.2) is 56.5 Å². The van der Waals surface area contributed by atoms with Gasteiger partial charge >= 0.3 is 6.09 Å². The molecule has 3 aromatic rings. The highest BCUT2D eigenvalue weighted by molar-refractivity contribution is 5.83. The van der Waals surface area contributed by atoms with E-state index in [1.807, 2.05) is 13.0 Å². The van der Waals surface area contributed by atoms with Gasteiger partial charge in [-0.15, -0.1) is 0 Å². The predicted molar refractivity (Wildman–Crippen MR) is 108 cm³/mol. The number of piperidine rings is 1. The molecule has 0 bridgehead atoms. The number of aromatic nitrogens is 4. The summed E-state index contributed by atoms with van der Waals surface area (Å²) in [5.41, 5.74) is 1.97. The van der Waals surface area contributed by atoms with E-state index >= 15 is 0 Å². The van der Waals surface area contributed by atoms with Gasteiger partial charge in [-0.2, -0.15) is 10.4 Å². The van der Waals surface area contributed by atoms with Crippen molar-refractivity contribution >= 4 is 17.4 Å². The second kappa shape index (κ2) is 7.51. The Bertz CT molecular complexity index is 1130. The molecule has 1 amide bonds. The monoisotopic (exact) mass is 407 g/mol. The van der Waals surface area contributed by atoms with Crippen LogP contribution in [0, 0.1) is 11.3 Å². The second-order valence-corrected chi connectivity index (χ2v) is 7.49. The number of nitrogens with one attached hydrogen (secondary N) is 1. The number of fused-ring (bicyclic) bond motifs is 1. The van der Waals surface area contributed by atoms with Gasteiger partial charge in [-0.3, -0.25) is 4.98 Å². The van der Waals surface area contributed by atoms with Crippen LogP contribution in [0.2, 0.25) is 0 Å². The predicted octanol–water partition coefficient (Wildman–Crippen LogP) is 2.30. The fourth-order valence-electron chi connectivity index (χ4n) is 3.72. The number of carboxylic acid groups (broad SMARTS) is 1. The largest absolute Gasteiger partial charge is 0.495 e. The number of hydrogen-bond acceptors (Lipinski definition) is 7. The molecular formula is C20H21N7O3. The minimum atomic E-state index is -1.00. The van der Waals surface area contributed by atoms with Gasteiger partial charge in [0.05, 0.1) is 48.7 Å². The van der Waals surface area contributed by atoms with E-state index < -0.39 is 11.6 Å². The molecule has 0 aromatic carbocycles. The van der Waals surface area contributed by atoms with Gasteiger partial charge in [-0.05, 0) is 25.8 Å². The lowest BCUT2D eigenvalue weighted by Crippen LogP contribution is -2.53. The molecule has 3 aromatic heterocycles. The third kappa shape index (κ3) is 3.57. The maximum atomic E-state index is 11.0. The Hall–Kier alpha value is -3.87. The van der Waals surface area contributed by atoms with Gasteiger partial charge < -0.3 is 20.1 Å². The van der Waals surface area contributed by atoms with Gasteiger partial charge in [-0.25, -0.2) is 14.3 Å². The Balaban J connectivity index is 1.60. The van der Waals surface area contributed by atoms with Crippen molar-refractivity contribution in [3.8, 4) is 23.1 Å². The number of ether oxygens (including phenoxy) is 1. The molecule has 0 spiro atoms. The zero-order valence-electron chi connectivity index (χ0n) is 16.7. The van der Waals surface area contributed by atoms with Gasteiger partial charge in [-0.1, -0.05) is 0 Å². The molecule has 4 heterocycles. The summed E-state index contributed by atoms with van der Waals surface area (Å²) in [6, 6.07) is 3.96. The van der Waals surface area contributed by atoms with E-state index in [2.05, 4.69) is 31.4 Å². The van der Waals surface area contributed by atoms with Crippen molar-refractivity contribution in [2.24, 2.45) is 0 Å². The number of amides is 1. The Kier molecular flexibility index (Phi) is 4.87. The van der Waals surface area contributed by atoms with Gasteiger partial charge in [0.15, 0.2) is 0 Å². The van der Waals surface area contributed by atoms with E-state index in [4.69, 9.17) is 9.84 Å². The second-order valence-electron chi connectivity index (χ2n) is 7.49. The highest BCUT2D eigenvalue weighted by Gasteiger charge is 2.32. The first-order valence-electron chi connectivity index (χ1n) is 9.46. The number of rotatable bonds is 4. The van der Waals surface area contributed by atoms with Crippen LogP contribution in [0.25, 0.3) is 16.8 Å². The van der Waals surface area contributed by atoms with Gasteiger partial charge in [0.2, 0.25) is 0 Å². The van der Waals surface area contributed by atoms with Crippen molar-refractivity contribution in [2.75, 3.05) is 25.1 Å². The lowest BCUT2D eigenvalue weighted by Gasteiger charge is -2.39. The van der Waals surface area contributed by atoms with Crippen LogP contribution < -0.4 is 15.0 Å². The van der Waals surface area contributed by atoms with E-state index in [0.717, 1.165) is 5.82 Å². The number of methoxy groups -OCH3 is 1. The molecule has 1 fully saturated rings. The van der Waals surface area contributed by atoms with E-state index in [-0.39, 0.29) is 0 Å². The molecule has 10 heteroatoms. The van der Waals surface area contributed by atoms with Crippen molar-refractivity contribution < 1.29 is 14.6 Å². The summed E-state index contributed by atoms with van der Waals surface area (Å²) in [6.45, 7) is 3.27. The fourth-order valence-corrected chi connectivity index (χ4v) is 3.72. The molecule has 1 aliphatic rings. The minimum Gasteiger partial charge on any atom is -0.495 e. The zero-order valence-corrected chi connectivity index (χ0v) is 16.7. The number of nitriles is 1. The molecular weight excluding hydrogens is 386 g/mol. The van der Waals surface area contributed by atoms with Crippen molar-refractivity contribution in [1.29, 1.82) is 5.26 Å². The lowest BCUT2D eigenvalue weighted by molar-refractivity contribution is 0.173. The summed E-state index contributed by atoms with van der Waals surface area (Å²) in [4.78, 5) is 22.2. The topological polar surface area (TPSA) is 129 Å². The van der Waals surface area contributed by atoms with Crippen molar-refractivity contribution in [3.05, 3.63) is 36.4 Å². The number of nitrogens with zero attached hydrogens (tertiary/aromatic N) is 6. The average Bonchev–Trinajstić information content (AvgIpc) is 3.16. The maximum Gasteiger partial charge on any atom is 0.405 e. The summed E-state index contributed by atoms with van der Waals surface area (Å²) in [5, 5.41) is 25.2. The first-order chi connectivity index (χ1) is 14.4. The molecule has 2 N–H and O–H groups in total. The first kappa shape index (κ1) is 19.4. The summed E-state index contributed by atoms with van der Waals surface area (Å²) < 4.78 is 6.95. The normalized spacial score (nSPS) is 15.6. The van der Waals surface area contributed by atoms with Crippen LogP contribution >= 0.6 is 0 Å². The van der Waals surface area contributed by atoms with E-state index in [9.17, 15) is 10.1 Å². The van der Waals surface area contributed by atoms with Crippen molar-refractivity contribution in [3.63, 3.8) is 0 Å². The molecule has 10 nitrogen and oxygen atoms in total. The van der Waals surface area contributed by atoms with Gasteiger partial charge in [0, 0.05) is 24.2 Å². The Morgan fingerprint density at radius 1 is 1.30 bits per heavy atom. The average molecular weight is 407 g/mol. The van der Waals surface area contributed by atoms with E-state index in [1.54, 1.807) is 30.2 Å². The summed E-state index contributed by atoms with van der Waals surface area (Å²) in [5.74, 6) is 1.32. The molecule has 4 rings (SSSR count). The smallest absolute Gasteiger partial charge is 0.405 e. The summed E-state index contributed by atoms with van der Waals surface area (Å²) in [6.07, 6.45) is 6.94. The molecule has 0 aliphatic carbocycles. The van der Waals surface area contributed by atoms with Gasteiger partial charge in [0.25, 0.3) is 0 Å². The Labute approximate surface area is 172 Å². The standard InChI is InChI=1S/C20H21N7O3/c1-20(25-19(28)29)3-5-26(6-4-20)17-11-22-16(10-23-17)15-7-14(30-2)12-27-18(15)13(8-21)9-24-27/h7,9-12,25H,3-6H2,1-2H3,(H,28,29). The Morgan fingerprint density at radius 3 is 2.67 bits per heavy atom. The van der Waals surface area contributed by atoms with E-state index in [0.29, 0.717) is 54.0 Å². The van der Waals surface area contributed by atoms with Crippen LogP contribution in [0.15, 0.2) is 30.9 Å². The molecule has 0 unspecified atom stereocenters. The Morgan fingerprint density at radius 2 is 2.07 bits per heavy atom. The van der Waals surface area contributed by atoms with Crippen molar-refractivity contribution in [1.82, 2.24) is 24.9 Å². The van der Waals surface area contributed by atoms with Crippen LogP contribution in [0.4, 0.5) is 10.6 Å². The number of pyridine rings is 1. The SMILES string of the molecule is COc1cc(-c2cnc(N3CCC(C)(NC(=O)O)CC3)cn2)c2c(C#N)cnn2c1. The maximum absolute atomic E-state index is 11.0. The third-order valence-electron chi connectivity index (χ3n) is 5.46. The summed E-state index contributed by atoms with van der Waals surface area (Å²) in [7, 11) is 1.57. The summed E-state index contributed by atoms with van der Waals surface area (Å²) >= 11 is 0. The zero-order chi connectivity index (χ0) is 21.3. The van der Waals surface area contributed by atoms with Crippen LogP contribution in [0.5, 0.6) is 5.75 Å². The molecule has 0 radical (unpaired) electrons. The number of carbonyl (C=O) groups is 1. The number of anilines is 1. The molecule has 1 aliphatic heterocycles. The molecule has 0 atom stereocenters. The molecule has 154 valence electrons. The highest BCUT2D eigenvalue weighted by atomic mass is 16.5. The fraction of sp³-hybridized carbons (Fsp3) is 0.350. The molecule has 0 saturated carbocycles. The quantitative estimate of drug-likeness (QED) is 0.674. The minimum absolute atomic E-state index is 0.433.